The molecule has 2 rings (SSSR count). The Labute approximate surface area is 122 Å². The quantitative estimate of drug-likeness (QED) is 0.795. The van der Waals surface area contributed by atoms with Crippen molar-refractivity contribution >= 4 is 5.91 Å². The van der Waals surface area contributed by atoms with Crippen molar-refractivity contribution in [2.45, 2.75) is 39.2 Å². The number of amides is 1. The lowest BCUT2D eigenvalue weighted by molar-refractivity contribution is 0.0793. The van der Waals surface area contributed by atoms with E-state index in [0.717, 1.165) is 44.6 Å². The molecule has 1 aromatic carbocycles. The van der Waals surface area contributed by atoms with Crippen LogP contribution in [0.25, 0.3) is 0 Å². The predicted molar refractivity (Wildman–Crippen MR) is 82.8 cm³/mol. The Hall–Kier alpha value is -1.35. The molecule has 0 N–H and O–H groups in total. The first-order valence-electron chi connectivity index (χ1n) is 7.77. The predicted octanol–water partition coefficient (Wildman–Crippen LogP) is 3.15. The topological polar surface area (TPSA) is 23.6 Å². The number of benzene rings is 1. The molecule has 1 aliphatic rings. The molecular formula is C17H26N2O. The van der Waals surface area contributed by atoms with Gasteiger partial charge in [-0.05, 0) is 50.6 Å². The zero-order valence-corrected chi connectivity index (χ0v) is 12.8. The highest BCUT2D eigenvalue weighted by molar-refractivity contribution is 5.94. The van der Waals surface area contributed by atoms with E-state index in [0.29, 0.717) is 0 Å². The fraction of sp³-hybridized carbons (Fsp3) is 0.588. The van der Waals surface area contributed by atoms with E-state index in [2.05, 4.69) is 31.0 Å². The summed E-state index contributed by atoms with van der Waals surface area (Å²) in [6.45, 7) is 6.14. The van der Waals surface area contributed by atoms with Gasteiger partial charge in [0.1, 0.15) is 0 Å². The van der Waals surface area contributed by atoms with Gasteiger partial charge in [0.05, 0.1) is 0 Å². The Morgan fingerprint density at radius 3 is 2.45 bits per heavy atom. The number of carbonyl (C=O) groups excluding carboxylic acids is 1. The second-order valence-corrected chi connectivity index (χ2v) is 5.79. The van der Waals surface area contributed by atoms with Crippen molar-refractivity contribution in [1.29, 1.82) is 0 Å². The Morgan fingerprint density at radius 2 is 1.85 bits per heavy atom. The molecule has 3 nitrogen and oxygen atoms in total. The lowest BCUT2D eigenvalue weighted by Crippen LogP contribution is -2.27. The van der Waals surface area contributed by atoms with Crippen LogP contribution in [0.3, 0.4) is 0 Å². The minimum Gasteiger partial charge on any atom is -0.339 e. The Kier molecular flexibility index (Phi) is 5.60. The molecule has 0 unspecified atom stereocenters. The fourth-order valence-corrected chi connectivity index (χ4v) is 2.67. The average molecular weight is 274 g/mol. The summed E-state index contributed by atoms with van der Waals surface area (Å²) in [5.41, 5.74) is 2.11. The summed E-state index contributed by atoms with van der Waals surface area (Å²) in [5.74, 6) is 0.188. The van der Waals surface area contributed by atoms with Gasteiger partial charge in [-0.25, -0.2) is 0 Å². The van der Waals surface area contributed by atoms with Gasteiger partial charge < -0.3 is 9.80 Å². The highest BCUT2D eigenvalue weighted by Gasteiger charge is 2.19. The maximum absolute atomic E-state index is 12.2. The molecule has 0 spiro atoms. The van der Waals surface area contributed by atoms with Crippen molar-refractivity contribution in [3.05, 3.63) is 35.4 Å². The molecule has 0 aliphatic carbocycles. The third-order valence-electron chi connectivity index (χ3n) is 3.94. The highest BCUT2D eigenvalue weighted by atomic mass is 16.2. The summed E-state index contributed by atoms with van der Waals surface area (Å²) in [6, 6.07) is 8.13. The molecule has 0 aromatic heterocycles. The van der Waals surface area contributed by atoms with E-state index in [9.17, 15) is 4.79 Å². The molecular weight excluding hydrogens is 248 g/mol. The molecule has 1 saturated heterocycles. The molecule has 1 aromatic rings. The van der Waals surface area contributed by atoms with Crippen LogP contribution in [0.15, 0.2) is 24.3 Å². The third-order valence-corrected chi connectivity index (χ3v) is 3.94. The van der Waals surface area contributed by atoms with Crippen LogP contribution in [0, 0.1) is 0 Å². The first kappa shape index (κ1) is 15.0. The molecule has 1 heterocycles. The van der Waals surface area contributed by atoms with Crippen LogP contribution in [0.4, 0.5) is 0 Å². The Balaban J connectivity index is 1.90. The summed E-state index contributed by atoms with van der Waals surface area (Å²) < 4.78 is 0. The lowest BCUT2D eigenvalue weighted by atomic mass is 10.1. The van der Waals surface area contributed by atoms with E-state index < -0.39 is 0 Å². The van der Waals surface area contributed by atoms with E-state index in [4.69, 9.17) is 0 Å². The van der Waals surface area contributed by atoms with E-state index >= 15 is 0 Å². The van der Waals surface area contributed by atoms with Gasteiger partial charge in [0, 0.05) is 25.2 Å². The van der Waals surface area contributed by atoms with Gasteiger partial charge in [-0.3, -0.25) is 4.79 Å². The standard InChI is InChI=1S/C17H26N2O/c1-3-4-11-18(2)14-15-7-9-16(10-8-15)17(20)19-12-5-6-13-19/h7-10H,3-6,11-14H2,1-2H3. The number of hydrogen-bond acceptors (Lipinski definition) is 2. The molecule has 110 valence electrons. The van der Waals surface area contributed by atoms with Gasteiger partial charge in [-0.1, -0.05) is 25.5 Å². The van der Waals surface area contributed by atoms with Gasteiger partial charge in [0.25, 0.3) is 5.91 Å². The molecule has 20 heavy (non-hydrogen) atoms. The minimum atomic E-state index is 0.188. The van der Waals surface area contributed by atoms with E-state index in [1.54, 1.807) is 0 Å². The Bertz CT molecular complexity index is 421. The van der Waals surface area contributed by atoms with Crippen molar-refractivity contribution < 1.29 is 4.79 Å². The van der Waals surface area contributed by atoms with Crippen LogP contribution in [0.2, 0.25) is 0 Å². The van der Waals surface area contributed by atoms with E-state index in [1.165, 1.54) is 18.4 Å². The summed E-state index contributed by atoms with van der Waals surface area (Å²) in [4.78, 5) is 16.5. The molecule has 3 heteroatoms. The molecule has 1 fully saturated rings. The zero-order valence-electron chi connectivity index (χ0n) is 12.8. The second-order valence-electron chi connectivity index (χ2n) is 5.79. The maximum Gasteiger partial charge on any atom is 0.253 e. The lowest BCUT2D eigenvalue weighted by Gasteiger charge is -2.17. The van der Waals surface area contributed by atoms with Crippen molar-refractivity contribution in [3.63, 3.8) is 0 Å². The summed E-state index contributed by atoms with van der Waals surface area (Å²) >= 11 is 0. The molecule has 1 aliphatic heterocycles. The normalized spacial score (nSPS) is 15.1. The molecule has 0 atom stereocenters. The van der Waals surface area contributed by atoms with Crippen LogP contribution in [-0.4, -0.2) is 42.4 Å². The van der Waals surface area contributed by atoms with Crippen LogP contribution in [-0.2, 0) is 6.54 Å². The number of nitrogens with zero attached hydrogens (tertiary/aromatic N) is 2. The van der Waals surface area contributed by atoms with Crippen LogP contribution < -0.4 is 0 Å². The van der Waals surface area contributed by atoms with Crippen LogP contribution >= 0.6 is 0 Å². The first-order chi connectivity index (χ1) is 9.70. The number of hydrogen-bond donors (Lipinski definition) is 0. The maximum atomic E-state index is 12.2. The summed E-state index contributed by atoms with van der Waals surface area (Å²) in [7, 11) is 2.15. The smallest absolute Gasteiger partial charge is 0.253 e. The fourth-order valence-electron chi connectivity index (χ4n) is 2.67. The van der Waals surface area contributed by atoms with Gasteiger partial charge in [-0.15, -0.1) is 0 Å². The molecule has 0 saturated carbocycles. The number of unbranched alkanes of at least 4 members (excludes halogenated alkanes) is 1. The Morgan fingerprint density at radius 1 is 1.20 bits per heavy atom. The molecule has 0 bridgehead atoms. The van der Waals surface area contributed by atoms with Crippen LogP contribution in [0.1, 0.15) is 48.5 Å². The van der Waals surface area contributed by atoms with Crippen molar-refractivity contribution in [1.82, 2.24) is 9.80 Å². The largest absolute Gasteiger partial charge is 0.339 e. The van der Waals surface area contributed by atoms with Crippen LogP contribution in [0.5, 0.6) is 0 Å². The molecule has 0 radical (unpaired) electrons. The third kappa shape index (κ3) is 4.07. The zero-order chi connectivity index (χ0) is 14.4. The first-order valence-corrected chi connectivity index (χ1v) is 7.77. The number of likely N-dealkylation sites (tertiary alicyclic amines) is 1. The average Bonchev–Trinajstić information content (AvgIpc) is 2.99. The SMILES string of the molecule is CCCCN(C)Cc1ccc(C(=O)N2CCCC2)cc1. The van der Waals surface area contributed by atoms with Gasteiger partial charge >= 0.3 is 0 Å². The van der Waals surface area contributed by atoms with Crippen molar-refractivity contribution in [2.75, 3.05) is 26.7 Å². The van der Waals surface area contributed by atoms with Gasteiger partial charge in [0.15, 0.2) is 0 Å². The van der Waals surface area contributed by atoms with Gasteiger partial charge in [-0.2, -0.15) is 0 Å². The van der Waals surface area contributed by atoms with Gasteiger partial charge in [0.2, 0.25) is 0 Å². The number of rotatable bonds is 6. The van der Waals surface area contributed by atoms with Crippen molar-refractivity contribution in [3.8, 4) is 0 Å². The number of carbonyl (C=O) groups is 1. The summed E-state index contributed by atoms with van der Waals surface area (Å²) in [6.07, 6.45) is 4.76. The summed E-state index contributed by atoms with van der Waals surface area (Å²) in [5, 5.41) is 0. The molecule has 1 amide bonds. The highest BCUT2D eigenvalue weighted by Crippen LogP contribution is 2.14. The van der Waals surface area contributed by atoms with Crippen molar-refractivity contribution in [2.24, 2.45) is 0 Å². The second kappa shape index (κ2) is 7.44. The monoisotopic (exact) mass is 274 g/mol. The van der Waals surface area contributed by atoms with E-state index in [1.807, 2.05) is 17.0 Å². The van der Waals surface area contributed by atoms with E-state index in [-0.39, 0.29) is 5.91 Å². The minimum absolute atomic E-state index is 0.188.